The summed E-state index contributed by atoms with van der Waals surface area (Å²) in [6, 6.07) is 20.7. The van der Waals surface area contributed by atoms with Gasteiger partial charge in [0.15, 0.2) is 0 Å². The monoisotopic (exact) mass is 442 g/mol. The van der Waals surface area contributed by atoms with Crippen LogP contribution in [0.25, 0.3) is 10.9 Å². The molecule has 0 aliphatic carbocycles. The van der Waals surface area contributed by atoms with Crippen molar-refractivity contribution in [2.75, 3.05) is 19.0 Å². The molecule has 0 fully saturated rings. The number of aryl methyl sites for hydroxylation is 1. The smallest absolute Gasteiger partial charge is 0.341 e. The average molecular weight is 443 g/mol. The van der Waals surface area contributed by atoms with Crippen LogP contribution in [-0.2, 0) is 4.74 Å². The normalized spacial score (nSPS) is 11.8. The second-order valence-electron chi connectivity index (χ2n) is 7.63. The second kappa shape index (κ2) is 9.71. The number of methoxy groups -OCH3 is 1. The molecule has 0 amide bonds. The molecule has 0 saturated carbocycles. The number of hydrogen-bond acceptors (Lipinski definition) is 6. The number of rotatable bonds is 7. The number of ether oxygens (including phenoxy) is 2. The summed E-state index contributed by atoms with van der Waals surface area (Å²) >= 11 is 0. The molecule has 1 unspecified atom stereocenters. The van der Waals surface area contributed by atoms with Crippen molar-refractivity contribution in [2.45, 2.75) is 20.0 Å². The quantitative estimate of drug-likeness (QED) is 0.365. The van der Waals surface area contributed by atoms with Gasteiger partial charge in [0.25, 0.3) is 0 Å². The van der Waals surface area contributed by atoms with E-state index >= 15 is 0 Å². The highest BCUT2D eigenvalue weighted by atomic mass is 16.5. The van der Waals surface area contributed by atoms with Gasteiger partial charge in [-0.2, -0.15) is 0 Å². The summed E-state index contributed by atoms with van der Waals surface area (Å²) in [7, 11) is 1.59. The number of nitrogens with one attached hydrogen (secondary N) is 1. The maximum atomic E-state index is 12.7. The number of anilines is 2. The minimum atomic E-state index is -0.920. The molecule has 6 heteroatoms. The Balaban J connectivity index is 1.88. The molecule has 0 aliphatic heterocycles. The molecule has 0 saturated heterocycles. The maximum Gasteiger partial charge on any atom is 0.341 e. The highest BCUT2D eigenvalue weighted by molar-refractivity contribution is 6.06. The van der Waals surface area contributed by atoms with Crippen molar-refractivity contribution in [3.8, 4) is 5.75 Å². The first kappa shape index (κ1) is 22.3. The van der Waals surface area contributed by atoms with E-state index in [9.17, 15) is 9.90 Å². The molecule has 0 bridgehead atoms. The highest BCUT2D eigenvalue weighted by Crippen LogP contribution is 2.35. The number of para-hydroxylation sites is 2. The Morgan fingerprint density at radius 3 is 2.64 bits per heavy atom. The number of fused-ring (bicyclic) bond motifs is 1. The van der Waals surface area contributed by atoms with Gasteiger partial charge in [-0.15, -0.1) is 0 Å². The second-order valence-corrected chi connectivity index (χ2v) is 7.63. The van der Waals surface area contributed by atoms with Crippen LogP contribution < -0.4 is 10.1 Å². The first-order chi connectivity index (χ1) is 16.0. The third kappa shape index (κ3) is 4.52. The summed E-state index contributed by atoms with van der Waals surface area (Å²) in [6.45, 7) is 4.02. The van der Waals surface area contributed by atoms with E-state index in [4.69, 9.17) is 9.47 Å². The van der Waals surface area contributed by atoms with Crippen molar-refractivity contribution in [1.82, 2.24) is 4.98 Å². The molecule has 3 aromatic carbocycles. The predicted octanol–water partition coefficient (Wildman–Crippen LogP) is 5.55. The molecule has 6 nitrogen and oxygen atoms in total. The number of aliphatic hydroxyl groups excluding tert-OH is 1. The van der Waals surface area contributed by atoms with Crippen LogP contribution in [0.2, 0.25) is 0 Å². The highest BCUT2D eigenvalue weighted by Gasteiger charge is 2.21. The number of aliphatic hydroxyl groups is 1. The van der Waals surface area contributed by atoms with Crippen molar-refractivity contribution >= 4 is 28.2 Å². The summed E-state index contributed by atoms with van der Waals surface area (Å²) in [5, 5.41) is 15.3. The van der Waals surface area contributed by atoms with Gasteiger partial charge in [-0.05, 0) is 43.2 Å². The van der Waals surface area contributed by atoms with Crippen molar-refractivity contribution in [3.63, 3.8) is 0 Å². The van der Waals surface area contributed by atoms with Crippen LogP contribution in [0.5, 0.6) is 5.75 Å². The van der Waals surface area contributed by atoms with E-state index in [0.717, 1.165) is 11.3 Å². The molecule has 1 atom stereocenters. The molecule has 0 radical (unpaired) electrons. The molecule has 0 spiro atoms. The fourth-order valence-electron chi connectivity index (χ4n) is 3.80. The molecular formula is C27H26N2O4. The van der Waals surface area contributed by atoms with Crippen LogP contribution in [0.3, 0.4) is 0 Å². The van der Waals surface area contributed by atoms with Crippen LogP contribution in [0, 0.1) is 6.92 Å². The number of aromatic nitrogens is 1. The topological polar surface area (TPSA) is 80.7 Å². The third-order valence-electron chi connectivity index (χ3n) is 5.53. The standard InChI is InChI=1S/C27H26N2O4/c1-4-33-27(31)22-16-28-24-20(25(22)29-23-14-6-5-9-17(23)2)12-8-13-21(24)26(30)18-10-7-11-19(15-18)32-3/h5-16,26,30H,4H2,1-3H3,(H,28,29). The zero-order valence-electron chi connectivity index (χ0n) is 18.8. The van der Waals surface area contributed by atoms with E-state index < -0.39 is 12.1 Å². The van der Waals surface area contributed by atoms with Gasteiger partial charge < -0.3 is 19.9 Å². The van der Waals surface area contributed by atoms with Gasteiger partial charge in [-0.25, -0.2) is 4.79 Å². The van der Waals surface area contributed by atoms with E-state index in [1.807, 2.05) is 67.6 Å². The lowest BCUT2D eigenvalue weighted by Crippen LogP contribution is -2.10. The fraction of sp³-hybridized carbons (Fsp3) is 0.185. The number of hydrogen-bond donors (Lipinski definition) is 2. The maximum absolute atomic E-state index is 12.7. The van der Waals surface area contributed by atoms with E-state index in [0.29, 0.717) is 39.0 Å². The van der Waals surface area contributed by atoms with Gasteiger partial charge in [0.1, 0.15) is 17.4 Å². The summed E-state index contributed by atoms with van der Waals surface area (Å²) in [5.74, 6) is 0.202. The van der Waals surface area contributed by atoms with Crippen molar-refractivity contribution in [3.05, 3.63) is 95.2 Å². The molecule has 168 valence electrons. The lowest BCUT2D eigenvalue weighted by Gasteiger charge is -2.19. The number of carbonyl (C=O) groups excluding carboxylic acids is 1. The van der Waals surface area contributed by atoms with Gasteiger partial charge in [0.2, 0.25) is 0 Å². The number of esters is 1. The van der Waals surface area contributed by atoms with Crippen LogP contribution in [-0.4, -0.2) is 29.8 Å². The minimum Gasteiger partial charge on any atom is -0.497 e. The Labute approximate surface area is 192 Å². The van der Waals surface area contributed by atoms with Crippen LogP contribution >= 0.6 is 0 Å². The van der Waals surface area contributed by atoms with Crippen LogP contribution in [0.4, 0.5) is 11.4 Å². The number of nitrogens with zero attached hydrogens (tertiary/aromatic N) is 1. The molecule has 1 aromatic heterocycles. The Morgan fingerprint density at radius 1 is 1.09 bits per heavy atom. The van der Waals surface area contributed by atoms with Crippen LogP contribution in [0.15, 0.2) is 72.9 Å². The summed E-state index contributed by atoms with van der Waals surface area (Å²) in [6.07, 6.45) is 0.582. The van der Waals surface area contributed by atoms with Gasteiger partial charge in [0.05, 0.1) is 24.9 Å². The van der Waals surface area contributed by atoms with E-state index in [2.05, 4.69) is 10.3 Å². The van der Waals surface area contributed by atoms with Gasteiger partial charge in [0, 0.05) is 22.8 Å². The Bertz CT molecular complexity index is 1300. The first-order valence-corrected chi connectivity index (χ1v) is 10.8. The zero-order chi connectivity index (χ0) is 23.4. The number of carbonyl (C=O) groups is 1. The van der Waals surface area contributed by atoms with Gasteiger partial charge in [-0.1, -0.05) is 48.5 Å². The Kier molecular flexibility index (Phi) is 6.56. The average Bonchev–Trinajstić information content (AvgIpc) is 2.84. The van der Waals surface area contributed by atoms with E-state index in [1.165, 1.54) is 6.20 Å². The summed E-state index contributed by atoms with van der Waals surface area (Å²) in [5.41, 5.74) is 4.74. The van der Waals surface area contributed by atoms with Crippen molar-refractivity contribution < 1.29 is 19.4 Å². The number of pyridine rings is 1. The molecule has 33 heavy (non-hydrogen) atoms. The fourth-order valence-corrected chi connectivity index (χ4v) is 3.80. The largest absolute Gasteiger partial charge is 0.497 e. The lowest BCUT2D eigenvalue weighted by atomic mass is 9.97. The van der Waals surface area contributed by atoms with Crippen LogP contribution in [0.1, 0.15) is 40.1 Å². The predicted molar refractivity (Wildman–Crippen MR) is 129 cm³/mol. The van der Waals surface area contributed by atoms with Crippen molar-refractivity contribution in [1.29, 1.82) is 0 Å². The van der Waals surface area contributed by atoms with E-state index in [1.54, 1.807) is 20.1 Å². The molecule has 4 rings (SSSR count). The minimum absolute atomic E-state index is 0.259. The van der Waals surface area contributed by atoms with Crippen molar-refractivity contribution in [2.24, 2.45) is 0 Å². The SMILES string of the molecule is CCOC(=O)c1cnc2c(C(O)c3cccc(OC)c3)cccc2c1Nc1ccccc1C. The molecule has 4 aromatic rings. The summed E-state index contributed by atoms with van der Waals surface area (Å²) in [4.78, 5) is 17.3. The molecule has 0 aliphatic rings. The summed E-state index contributed by atoms with van der Waals surface area (Å²) < 4.78 is 10.6. The molecule has 1 heterocycles. The van der Waals surface area contributed by atoms with Gasteiger partial charge >= 0.3 is 5.97 Å². The van der Waals surface area contributed by atoms with Gasteiger partial charge in [-0.3, -0.25) is 4.98 Å². The lowest BCUT2D eigenvalue weighted by molar-refractivity contribution is 0.0527. The Hall–Kier alpha value is -3.90. The first-order valence-electron chi connectivity index (χ1n) is 10.8. The Morgan fingerprint density at radius 2 is 1.88 bits per heavy atom. The third-order valence-corrected chi connectivity index (χ3v) is 5.53. The van der Waals surface area contributed by atoms with E-state index in [-0.39, 0.29) is 6.61 Å². The molecular weight excluding hydrogens is 416 g/mol. The number of benzene rings is 3. The molecule has 2 N–H and O–H groups in total. The zero-order valence-corrected chi connectivity index (χ0v) is 18.8.